The van der Waals surface area contributed by atoms with Crippen molar-refractivity contribution < 1.29 is 18.0 Å². The van der Waals surface area contributed by atoms with E-state index >= 15 is 0 Å². The molecule has 1 heterocycles. The van der Waals surface area contributed by atoms with E-state index in [1.807, 2.05) is 24.1 Å². The van der Waals surface area contributed by atoms with Crippen molar-refractivity contribution in [3.05, 3.63) is 36.0 Å². The van der Waals surface area contributed by atoms with Gasteiger partial charge in [-0.15, -0.1) is 0 Å². The fraction of sp³-hybridized carbons (Fsp3) is 0.524. The molecular weight excluding hydrogens is 367 g/mol. The lowest BCUT2D eigenvalue weighted by molar-refractivity contribution is -0.140. The summed E-state index contributed by atoms with van der Waals surface area (Å²) >= 11 is 0. The van der Waals surface area contributed by atoms with Crippen molar-refractivity contribution >= 4 is 22.5 Å². The van der Waals surface area contributed by atoms with Gasteiger partial charge in [0, 0.05) is 36.1 Å². The molecule has 2 aromatic rings. The van der Waals surface area contributed by atoms with Gasteiger partial charge in [0.15, 0.2) is 0 Å². The molecule has 1 aromatic heterocycles. The molecule has 2 fully saturated rings. The van der Waals surface area contributed by atoms with Crippen LogP contribution >= 0.6 is 0 Å². The first-order chi connectivity index (χ1) is 13.3. The zero-order valence-corrected chi connectivity index (χ0v) is 15.8. The number of alkyl halides is 3. The number of carbonyl (C=O) groups excluding carboxylic acids is 1. The number of hydrogen-bond donors (Lipinski definition) is 1. The molecule has 1 N–H and O–H groups in total. The van der Waals surface area contributed by atoms with Gasteiger partial charge in [-0.05, 0) is 50.7 Å². The Morgan fingerprint density at radius 3 is 2.43 bits per heavy atom. The average molecular weight is 391 g/mol. The van der Waals surface area contributed by atoms with Gasteiger partial charge in [-0.2, -0.15) is 13.2 Å². The van der Waals surface area contributed by atoms with Gasteiger partial charge >= 0.3 is 6.18 Å². The Hall–Kier alpha value is -2.31. The molecule has 1 aromatic carbocycles. The average Bonchev–Trinajstić information content (AvgIpc) is 3.52. The third kappa shape index (κ3) is 3.93. The number of aromatic nitrogens is 1. The van der Waals surface area contributed by atoms with Gasteiger partial charge in [-0.25, -0.2) is 4.98 Å². The van der Waals surface area contributed by atoms with Crippen molar-refractivity contribution in [1.29, 1.82) is 0 Å². The van der Waals surface area contributed by atoms with E-state index < -0.39 is 11.9 Å². The molecule has 1 amide bonds. The summed E-state index contributed by atoms with van der Waals surface area (Å²) in [6.45, 7) is 0. The monoisotopic (exact) mass is 391 g/mol. The van der Waals surface area contributed by atoms with Gasteiger partial charge in [-0.1, -0.05) is 18.2 Å². The number of fused-ring (bicyclic) bond motifs is 1. The molecule has 7 heteroatoms. The van der Waals surface area contributed by atoms with E-state index in [0.29, 0.717) is 11.2 Å². The molecule has 0 aliphatic heterocycles. The Bertz CT molecular complexity index is 871. The smallest absolute Gasteiger partial charge is 0.371 e. The summed E-state index contributed by atoms with van der Waals surface area (Å²) in [6, 6.07) is 8.43. The molecule has 150 valence electrons. The number of carbonyl (C=O) groups is 1. The number of benzene rings is 1. The minimum absolute atomic E-state index is 0.140. The molecule has 2 aliphatic carbocycles. The summed E-state index contributed by atoms with van der Waals surface area (Å²) in [5, 5.41) is 3.85. The van der Waals surface area contributed by atoms with Crippen LogP contribution in [0.5, 0.6) is 0 Å². The lowest BCUT2D eigenvalue weighted by Gasteiger charge is -2.37. The third-order valence-electron chi connectivity index (χ3n) is 5.90. The van der Waals surface area contributed by atoms with E-state index in [1.165, 1.54) is 0 Å². The normalized spacial score (nSPS) is 22.9. The van der Waals surface area contributed by atoms with Crippen molar-refractivity contribution in [2.75, 3.05) is 11.9 Å². The molecule has 2 saturated carbocycles. The predicted molar refractivity (Wildman–Crippen MR) is 102 cm³/mol. The fourth-order valence-corrected chi connectivity index (χ4v) is 4.06. The van der Waals surface area contributed by atoms with Gasteiger partial charge in [-0.3, -0.25) is 4.79 Å². The maximum atomic E-state index is 13.3. The van der Waals surface area contributed by atoms with Crippen LogP contribution in [0.3, 0.4) is 0 Å². The molecule has 0 atom stereocenters. The van der Waals surface area contributed by atoms with Gasteiger partial charge in [0.25, 0.3) is 0 Å². The van der Waals surface area contributed by atoms with Crippen molar-refractivity contribution in [2.45, 2.75) is 56.8 Å². The largest absolute Gasteiger partial charge is 0.433 e. The van der Waals surface area contributed by atoms with Gasteiger partial charge < -0.3 is 10.2 Å². The third-order valence-corrected chi connectivity index (χ3v) is 5.90. The van der Waals surface area contributed by atoms with E-state index in [2.05, 4.69) is 10.3 Å². The summed E-state index contributed by atoms with van der Waals surface area (Å²) in [5.74, 6) is 0.358. The Balaban J connectivity index is 1.52. The standard InChI is InChI=1S/C21H24F3N3O/c1-27(15-10-8-14(9-11-15)25-20(28)13-6-7-13)18-12-19(21(22,23)24)26-17-5-3-2-4-16(17)18/h2-5,12-15H,6-11H2,1H3,(H,25,28)/t14-,15+. The highest BCUT2D eigenvalue weighted by molar-refractivity contribution is 5.92. The van der Waals surface area contributed by atoms with E-state index in [1.54, 1.807) is 12.1 Å². The SMILES string of the molecule is CN(c1cc(C(F)(F)F)nc2ccccc12)[C@H]1CC[C@@H](NC(=O)C2CC2)CC1. The van der Waals surface area contributed by atoms with Crippen LogP contribution in [-0.2, 0) is 11.0 Å². The number of anilines is 1. The lowest BCUT2D eigenvalue weighted by Crippen LogP contribution is -2.43. The van der Waals surface area contributed by atoms with E-state index in [-0.39, 0.29) is 23.9 Å². The summed E-state index contributed by atoms with van der Waals surface area (Å²) in [5.41, 5.74) is 0.0476. The number of amides is 1. The van der Waals surface area contributed by atoms with Crippen LogP contribution < -0.4 is 10.2 Å². The van der Waals surface area contributed by atoms with E-state index in [9.17, 15) is 18.0 Å². The molecule has 0 unspecified atom stereocenters. The highest BCUT2D eigenvalue weighted by Crippen LogP contribution is 2.37. The fourth-order valence-electron chi connectivity index (χ4n) is 4.06. The molecule has 4 rings (SSSR count). The zero-order chi connectivity index (χ0) is 19.9. The summed E-state index contributed by atoms with van der Waals surface area (Å²) in [7, 11) is 1.86. The molecule has 28 heavy (non-hydrogen) atoms. The molecular formula is C21H24F3N3O. The van der Waals surface area contributed by atoms with Crippen LogP contribution in [-0.4, -0.2) is 30.0 Å². The number of halogens is 3. The van der Waals surface area contributed by atoms with Crippen LogP contribution in [0, 0.1) is 5.92 Å². The second kappa shape index (κ2) is 7.26. The second-order valence-electron chi connectivity index (χ2n) is 7.94. The van der Waals surface area contributed by atoms with Gasteiger partial charge in [0.05, 0.1) is 5.52 Å². The number of pyridine rings is 1. The first kappa shape index (κ1) is 19.0. The Morgan fingerprint density at radius 2 is 1.79 bits per heavy atom. The van der Waals surface area contributed by atoms with Crippen LogP contribution in [0.25, 0.3) is 10.9 Å². The number of nitrogens with zero attached hydrogens (tertiary/aromatic N) is 2. The first-order valence-corrected chi connectivity index (χ1v) is 9.83. The van der Waals surface area contributed by atoms with Crippen molar-refractivity contribution in [3.8, 4) is 0 Å². The molecule has 4 nitrogen and oxygen atoms in total. The summed E-state index contributed by atoms with van der Waals surface area (Å²) < 4.78 is 40.0. The van der Waals surface area contributed by atoms with Gasteiger partial charge in [0.1, 0.15) is 5.69 Å². The molecule has 2 aliphatic rings. The number of rotatable bonds is 4. The van der Waals surface area contributed by atoms with E-state index in [4.69, 9.17) is 0 Å². The summed E-state index contributed by atoms with van der Waals surface area (Å²) in [6.07, 6.45) is 0.866. The Morgan fingerprint density at radius 1 is 1.11 bits per heavy atom. The van der Waals surface area contributed by atoms with E-state index in [0.717, 1.165) is 50.0 Å². The highest BCUT2D eigenvalue weighted by Gasteiger charge is 2.35. The lowest BCUT2D eigenvalue weighted by atomic mass is 9.89. The summed E-state index contributed by atoms with van der Waals surface area (Å²) in [4.78, 5) is 17.7. The molecule has 0 spiro atoms. The van der Waals surface area contributed by atoms with Crippen LogP contribution in [0.15, 0.2) is 30.3 Å². The van der Waals surface area contributed by atoms with Crippen molar-refractivity contribution in [2.24, 2.45) is 5.92 Å². The maximum Gasteiger partial charge on any atom is 0.433 e. The van der Waals surface area contributed by atoms with Crippen molar-refractivity contribution in [3.63, 3.8) is 0 Å². The Labute approximate surface area is 162 Å². The molecule has 0 bridgehead atoms. The number of nitrogens with one attached hydrogen (secondary N) is 1. The quantitative estimate of drug-likeness (QED) is 0.833. The van der Waals surface area contributed by atoms with Crippen LogP contribution in [0.1, 0.15) is 44.2 Å². The maximum absolute atomic E-state index is 13.3. The van der Waals surface area contributed by atoms with Crippen LogP contribution in [0.4, 0.5) is 18.9 Å². The predicted octanol–water partition coefficient (Wildman–Crippen LogP) is 4.53. The minimum atomic E-state index is -4.48. The molecule has 0 radical (unpaired) electrons. The second-order valence-corrected chi connectivity index (χ2v) is 7.94. The first-order valence-electron chi connectivity index (χ1n) is 9.83. The number of hydrogen-bond acceptors (Lipinski definition) is 3. The zero-order valence-electron chi connectivity index (χ0n) is 15.8. The number of para-hydroxylation sites is 1. The Kier molecular flexibility index (Phi) is 4.93. The van der Waals surface area contributed by atoms with Gasteiger partial charge in [0.2, 0.25) is 5.91 Å². The highest BCUT2D eigenvalue weighted by atomic mass is 19.4. The minimum Gasteiger partial charge on any atom is -0.371 e. The van der Waals surface area contributed by atoms with Crippen LogP contribution in [0.2, 0.25) is 0 Å². The van der Waals surface area contributed by atoms with Crippen molar-refractivity contribution in [1.82, 2.24) is 10.3 Å². The molecule has 0 saturated heterocycles. The topological polar surface area (TPSA) is 45.2 Å².